The Labute approximate surface area is 94.3 Å². The van der Waals surface area contributed by atoms with E-state index in [0.717, 1.165) is 0 Å². The number of nitrogens with one attached hydrogen (secondary N) is 1. The lowest BCUT2D eigenvalue weighted by Gasteiger charge is -2.05. The van der Waals surface area contributed by atoms with E-state index in [1.807, 2.05) is 0 Å². The zero-order valence-corrected chi connectivity index (χ0v) is 9.81. The number of rotatable bonds is 5. The minimum absolute atomic E-state index is 0.197. The molecule has 15 heavy (non-hydrogen) atoms. The van der Waals surface area contributed by atoms with E-state index in [1.54, 1.807) is 0 Å². The maximum atomic E-state index is 11.6. The summed E-state index contributed by atoms with van der Waals surface area (Å²) in [5.41, 5.74) is 0. The second-order valence-corrected chi connectivity index (χ2v) is 5.05. The van der Waals surface area contributed by atoms with E-state index >= 15 is 0 Å². The van der Waals surface area contributed by atoms with Crippen LogP contribution >= 0.6 is 11.6 Å². The summed E-state index contributed by atoms with van der Waals surface area (Å²) in [5.74, 6) is 0. The summed E-state index contributed by atoms with van der Waals surface area (Å²) in [4.78, 5) is 0.197. The van der Waals surface area contributed by atoms with Crippen LogP contribution < -0.4 is 4.72 Å². The number of halogens is 1. The molecule has 1 aromatic carbocycles. The van der Waals surface area contributed by atoms with Crippen molar-refractivity contribution < 1.29 is 13.2 Å². The molecule has 0 saturated heterocycles. The molecule has 0 heterocycles. The molecule has 6 heteroatoms. The first-order chi connectivity index (χ1) is 7.06. The summed E-state index contributed by atoms with van der Waals surface area (Å²) in [6.07, 6.45) is 0. The zero-order valence-electron chi connectivity index (χ0n) is 8.23. The summed E-state index contributed by atoms with van der Waals surface area (Å²) >= 11 is 5.65. The van der Waals surface area contributed by atoms with Gasteiger partial charge in [-0.3, -0.25) is 0 Å². The van der Waals surface area contributed by atoms with Gasteiger partial charge < -0.3 is 4.74 Å². The van der Waals surface area contributed by atoms with Crippen molar-refractivity contribution in [1.82, 2.24) is 4.72 Å². The van der Waals surface area contributed by atoms with Crippen LogP contribution in [-0.4, -0.2) is 28.7 Å². The Morgan fingerprint density at radius 3 is 2.47 bits per heavy atom. The summed E-state index contributed by atoms with van der Waals surface area (Å²) in [7, 11) is -1.93. The molecule has 1 aromatic rings. The smallest absolute Gasteiger partial charge is 0.240 e. The molecule has 0 unspecified atom stereocenters. The number of sulfonamides is 1. The van der Waals surface area contributed by atoms with Crippen LogP contribution in [0.15, 0.2) is 29.2 Å². The van der Waals surface area contributed by atoms with Gasteiger partial charge in [-0.25, -0.2) is 13.1 Å². The lowest BCUT2D eigenvalue weighted by atomic mass is 10.4. The quantitative estimate of drug-likeness (QED) is 0.800. The van der Waals surface area contributed by atoms with Crippen LogP contribution in [0, 0.1) is 0 Å². The van der Waals surface area contributed by atoms with Crippen LogP contribution in [0.1, 0.15) is 0 Å². The van der Waals surface area contributed by atoms with E-state index in [9.17, 15) is 8.42 Å². The van der Waals surface area contributed by atoms with Crippen LogP contribution in [0.2, 0.25) is 5.02 Å². The Morgan fingerprint density at radius 1 is 1.33 bits per heavy atom. The largest absolute Gasteiger partial charge is 0.383 e. The van der Waals surface area contributed by atoms with Gasteiger partial charge in [-0.1, -0.05) is 11.6 Å². The predicted octanol–water partition coefficient (Wildman–Crippen LogP) is 1.26. The average molecular weight is 250 g/mol. The third-order valence-electron chi connectivity index (χ3n) is 1.72. The van der Waals surface area contributed by atoms with Gasteiger partial charge in [-0.15, -0.1) is 0 Å². The first-order valence-corrected chi connectivity index (χ1v) is 6.16. The van der Waals surface area contributed by atoms with Gasteiger partial charge in [0.2, 0.25) is 10.0 Å². The highest BCUT2D eigenvalue weighted by Gasteiger charge is 2.12. The Morgan fingerprint density at radius 2 is 1.93 bits per heavy atom. The molecule has 0 radical (unpaired) electrons. The van der Waals surface area contributed by atoms with Crippen molar-refractivity contribution in [2.24, 2.45) is 0 Å². The Bertz CT molecular complexity index is 402. The summed E-state index contributed by atoms with van der Waals surface area (Å²) in [5, 5.41) is 0.505. The van der Waals surface area contributed by atoms with Crippen molar-refractivity contribution in [3.63, 3.8) is 0 Å². The molecule has 0 aromatic heterocycles. The van der Waals surface area contributed by atoms with Gasteiger partial charge in [0, 0.05) is 18.7 Å². The molecule has 84 valence electrons. The molecular formula is C9H12ClNO3S. The molecule has 0 aliphatic heterocycles. The highest BCUT2D eigenvalue weighted by molar-refractivity contribution is 7.89. The molecule has 0 amide bonds. The Kier molecular flexibility index (Phi) is 4.53. The van der Waals surface area contributed by atoms with Crippen LogP contribution in [0.3, 0.4) is 0 Å². The van der Waals surface area contributed by atoms with E-state index in [-0.39, 0.29) is 11.4 Å². The molecule has 1 rings (SSSR count). The minimum atomic E-state index is -3.44. The first kappa shape index (κ1) is 12.4. The topological polar surface area (TPSA) is 55.4 Å². The number of methoxy groups -OCH3 is 1. The van der Waals surface area contributed by atoms with Gasteiger partial charge in [0.15, 0.2) is 0 Å². The summed E-state index contributed by atoms with van der Waals surface area (Å²) in [6.45, 7) is 0.592. The normalized spacial score (nSPS) is 11.6. The van der Waals surface area contributed by atoms with E-state index in [1.165, 1.54) is 31.4 Å². The van der Waals surface area contributed by atoms with E-state index in [0.29, 0.717) is 11.6 Å². The molecule has 0 atom stereocenters. The summed E-state index contributed by atoms with van der Waals surface area (Å²) in [6, 6.07) is 5.98. The molecule has 0 aliphatic rings. The van der Waals surface area contributed by atoms with Gasteiger partial charge in [0.1, 0.15) is 0 Å². The van der Waals surface area contributed by atoms with Gasteiger partial charge in [-0.2, -0.15) is 0 Å². The maximum absolute atomic E-state index is 11.6. The van der Waals surface area contributed by atoms with Crippen molar-refractivity contribution >= 4 is 21.6 Å². The molecule has 0 aliphatic carbocycles. The zero-order chi connectivity index (χ0) is 11.3. The van der Waals surface area contributed by atoms with Crippen molar-refractivity contribution in [3.8, 4) is 0 Å². The molecule has 0 fully saturated rings. The van der Waals surface area contributed by atoms with Crippen LogP contribution in [0.25, 0.3) is 0 Å². The lowest BCUT2D eigenvalue weighted by molar-refractivity contribution is 0.204. The molecule has 0 saturated carbocycles. The minimum Gasteiger partial charge on any atom is -0.383 e. The Balaban J connectivity index is 2.73. The number of hydrogen-bond donors (Lipinski definition) is 1. The van der Waals surface area contributed by atoms with E-state index < -0.39 is 10.0 Å². The molecule has 0 spiro atoms. The van der Waals surface area contributed by atoms with Gasteiger partial charge in [0.05, 0.1) is 11.5 Å². The van der Waals surface area contributed by atoms with Crippen LogP contribution in [0.4, 0.5) is 0 Å². The average Bonchev–Trinajstić information content (AvgIpc) is 2.18. The van der Waals surface area contributed by atoms with Gasteiger partial charge in [0.25, 0.3) is 0 Å². The van der Waals surface area contributed by atoms with E-state index in [4.69, 9.17) is 16.3 Å². The molecule has 0 bridgehead atoms. The van der Waals surface area contributed by atoms with Crippen molar-refractivity contribution in [3.05, 3.63) is 29.3 Å². The SMILES string of the molecule is COCCNS(=O)(=O)c1ccc(Cl)cc1. The fraction of sp³-hybridized carbons (Fsp3) is 0.333. The molecule has 4 nitrogen and oxygen atoms in total. The second-order valence-electron chi connectivity index (χ2n) is 2.84. The highest BCUT2D eigenvalue weighted by Crippen LogP contribution is 2.13. The van der Waals surface area contributed by atoms with Crippen molar-refractivity contribution in [2.75, 3.05) is 20.3 Å². The lowest BCUT2D eigenvalue weighted by Crippen LogP contribution is -2.27. The number of ether oxygens (including phenoxy) is 1. The molecule has 1 N–H and O–H groups in total. The van der Waals surface area contributed by atoms with Gasteiger partial charge >= 0.3 is 0 Å². The highest BCUT2D eigenvalue weighted by atomic mass is 35.5. The maximum Gasteiger partial charge on any atom is 0.240 e. The van der Waals surface area contributed by atoms with Crippen LogP contribution in [0.5, 0.6) is 0 Å². The number of hydrogen-bond acceptors (Lipinski definition) is 3. The van der Waals surface area contributed by atoms with Crippen LogP contribution in [-0.2, 0) is 14.8 Å². The standard InChI is InChI=1S/C9H12ClNO3S/c1-14-7-6-11-15(12,13)9-4-2-8(10)3-5-9/h2-5,11H,6-7H2,1H3. The number of benzene rings is 1. The van der Waals surface area contributed by atoms with Crippen molar-refractivity contribution in [2.45, 2.75) is 4.90 Å². The fourth-order valence-electron chi connectivity index (χ4n) is 0.975. The Hall–Kier alpha value is -0.620. The third-order valence-corrected chi connectivity index (χ3v) is 3.45. The first-order valence-electron chi connectivity index (χ1n) is 4.30. The summed E-state index contributed by atoms with van der Waals surface area (Å²) < 4.78 is 30.4. The van der Waals surface area contributed by atoms with Gasteiger partial charge in [-0.05, 0) is 24.3 Å². The fourth-order valence-corrected chi connectivity index (χ4v) is 2.11. The predicted molar refractivity (Wildman–Crippen MR) is 58.5 cm³/mol. The second kappa shape index (κ2) is 5.46. The van der Waals surface area contributed by atoms with Crippen molar-refractivity contribution in [1.29, 1.82) is 0 Å². The third kappa shape index (κ3) is 3.79. The van der Waals surface area contributed by atoms with E-state index in [2.05, 4.69) is 4.72 Å². The molecular weight excluding hydrogens is 238 g/mol. The monoisotopic (exact) mass is 249 g/mol.